The molecule has 1 aromatic carbocycles. The lowest BCUT2D eigenvalue weighted by molar-refractivity contribution is -0.137. The molecule has 8 heteroatoms. The van der Waals surface area contributed by atoms with Crippen molar-refractivity contribution in [1.29, 1.82) is 0 Å². The van der Waals surface area contributed by atoms with Gasteiger partial charge in [0.2, 0.25) is 5.91 Å². The maximum atomic E-state index is 12.7. The van der Waals surface area contributed by atoms with E-state index in [4.69, 9.17) is 0 Å². The number of rotatable bonds is 4. The maximum absolute atomic E-state index is 12.7. The molecule has 0 spiro atoms. The van der Waals surface area contributed by atoms with Crippen LogP contribution in [0.15, 0.2) is 36.5 Å². The number of nitrogens with one attached hydrogen (secondary N) is 2. The lowest BCUT2D eigenvalue weighted by Gasteiger charge is -2.12. The van der Waals surface area contributed by atoms with Crippen molar-refractivity contribution in [2.45, 2.75) is 31.6 Å². The van der Waals surface area contributed by atoms with E-state index < -0.39 is 17.5 Å². The van der Waals surface area contributed by atoms with Crippen LogP contribution < -0.4 is 10.6 Å². The summed E-state index contributed by atoms with van der Waals surface area (Å²) in [6, 6.07) is 5.91. The van der Waals surface area contributed by atoms with Crippen LogP contribution in [0.5, 0.6) is 5.75 Å². The number of benzene rings is 1. The van der Waals surface area contributed by atoms with Gasteiger partial charge in [0.25, 0.3) is 0 Å². The number of phenols is 1. The van der Waals surface area contributed by atoms with E-state index in [1.807, 2.05) is 0 Å². The zero-order chi connectivity index (χ0) is 18.7. The quantitative estimate of drug-likeness (QED) is 0.779. The number of nitrogens with zero attached hydrogens (tertiary/aromatic N) is 1. The highest BCUT2D eigenvalue weighted by molar-refractivity contribution is 5.82. The minimum Gasteiger partial charge on any atom is -0.507 e. The third-order valence-electron chi connectivity index (χ3n) is 4.27. The number of hydrogen-bond donors (Lipinski definition) is 3. The number of carbonyl (C=O) groups excluding carboxylic acids is 1. The summed E-state index contributed by atoms with van der Waals surface area (Å²) in [6.07, 6.45) is -1.27. The minimum atomic E-state index is -4.52. The van der Waals surface area contributed by atoms with Gasteiger partial charge in [0.1, 0.15) is 5.75 Å². The van der Waals surface area contributed by atoms with Crippen molar-refractivity contribution in [3.05, 3.63) is 47.7 Å². The maximum Gasteiger partial charge on any atom is 0.416 e. The average Bonchev–Trinajstić information content (AvgIpc) is 3.14. The van der Waals surface area contributed by atoms with E-state index in [-0.39, 0.29) is 24.1 Å². The van der Waals surface area contributed by atoms with Gasteiger partial charge in [0.15, 0.2) is 0 Å². The van der Waals surface area contributed by atoms with E-state index in [1.165, 1.54) is 12.3 Å². The van der Waals surface area contributed by atoms with Crippen LogP contribution in [0.1, 0.15) is 24.0 Å². The Morgan fingerprint density at radius 3 is 2.77 bits per heavy atom. The summed E-state index contributed by atoms with van der Waals surface area (Å²) in [6.45, 7) is 1.10. The van der Waals surface area contributed by atoms with E-state index in [0.717, 1.165) is 31.0 Å². The summed E-state index contributed by atoms with van der Waals surface area (Å²) in [7, 11) is 0. The summed E-state index contributed by atoms with van der Waals surface area (Å²) in [4.78, 5) is 16.1. The highest BCUT2D eigenvalue weighted by Gasteiger charge is 2.31. The third kappa shape index (κ3) is 4.13. The zero-order valence-electron chi connectivity index (χ0n) is 13.8. The Hall–Kier alpha value is -2.61. The standard InChI is InChI=1S/C18H18F3N3O2/c19-18(20,21)12-3-4-13(16(25)9-12)15-8-11(5-7-23-15)10-24-17(26)14-2-1-6-22-14/h3-5,7-9,14,22,25H,1-2,6,10H2,(H,24,26). The molecular weight excluding hydrogens is 347 g/mol. The number of amides is 1. The van der Waals surface area contributed by atoms with Crippen LogP contribution in [-0.4, -0.2) is 28.6 Å². The van der Waals surface area contributed by atoms with Crippen LogP contribution in [0.4, 0.5) is 13.2 Å². The van der Waals surface area contributed by atoms with E-state index >= 15 is 0 Å². The summed E-state index contributed by atoms with van der Waals surface area (Å²) >= 11 is 0. The lowest BCUT2D eigenvalue weighted by atomic mass is 10.0. The second-order valence-electron chi connectivity index (χ2n) is 6.15. The van der Waals surface area contributed by atoms with Crippen molar-refractivity contribution < 1.29 is 23.1 Å². The number of pyridine rings is 1. The predicted molar refractivity (Wildman–Crippen MR) is 89.2 cm³/mol. The van der Waals surface area contributed by atoms with E-state index in [2.05, 4.69) is 15.6 Å². The molecule has 2 aromatic rings. The molecule has 138 valence electrons. The van der Waals surface area contributed by atoms with Gasteiger partial charge in [0, 0.05) is 18.3 Å². The fraction of sp³-hybridized carbons (Fsp3) is 0.333. The number of aromatic nitrogens is 1. The predicted octanol–water partition coefficient (Wildman–Crippen LogP) is 2.84. The normalized spacial score (nSPS) is 17.3. The van der Waals surface area contributed by atoms with Gasteiger partial charge in [-0.2, -0.15) is 13.2 Å². The highest BCUT2D eigenvalue weighted by Crippen LogP contribution is 2.35. The summed E-state index contributed by atoms with van der Waals surface area (Å²) in [5, 5.41) is 15.9. The zero-order valence-corrected chi connectivity index (χ0v) is 13.8. The van der Waals surface area contributed by atoms with Crippen LogP contribution >= 0.6 is 0 Å². The Morgan fingerprint density at radius 2 is 2.12 bits per heavy atom. The summed E-state index contributed by atoms with van der Waals surface area (Å²) < 4.78 is 38.1. The minimum absolute atomic E-state index is 0.0850. The molecule has 1 aliphatic heterocycles. The van der Waals surface area contributed by atoms with Crippen molar-refractivity contribution in [2.24, 2.45) is 0 Å². The van der Waals surface area contributed by atoms with Gasteiger partial charge in [-0.1, -0.05) is 0 Å². The Labute approximate surface area is 148 Å². The van der Waals surface area contributed by atoms with Crippen LogP contribution in [0, 0.1) is 0 Å². The van der Waals surface area contributed by atoms with Crippen LogP contribution in [0.3, 0.4) is 0 Å². The van der Waals surface area contributed by atoms with Crippen LogP contribution in [0.2, 0.25) is 0 Å². The van der Waals surface area contributed by atoms with Crippen molar-refractivity contribution in [3.8, 4) is 17.0 Å². The molecule has 0 saturated carbocycles. The summed E-state index contributed by atoms with van der Waals surface area (Å²) in [5.74, 6) is -0.582. The first kappa shape index (κ1) is 18.2. The number of halogens is 3. The fourth-order valence-electron chi connectivity index (χ4n) is 2.88. The molecule has 1 unspecified atom stereocenters. The molecule has 5 nitrogen and oxygen atoms in total. The average molecular weight is 365 g/mol. The SMILES string of the molecule is O=C(NCc1ccnc(-c2ccc(C(F)(F)F)cc2O)c1)C1CCCN1. The van der Waals surface area contributed by atoms with E-state index in [0.29, 0.717) is 11.8 Å². The van der Waals surface area contributed by atoms with Gasteiger partial charge >= 0.3 is 6.18 Å². The molecule has 0 radical (unpaired) electrons. The molecule has 1 fully saturated rings. The largest absolute Gasteiger partial charge is 0.507 e. The third-order valence-corrected chi connectivity index (χ3v) is 4.27. The van der Waals surface area contributed by atoms with Crippen molar-refractivity contribution >= 4 is 5.91 Å². The number of hydrogen-bond acceptors (Lipinski definition) is 4. The summed E-state index contributed by atoms with van der Waals surface area (Å²) in [5.41, 5.74) is 0.345. The molecule has 1 aliphatic rings. The molecule has 0 aliphatic carbocycles. The van der Waals surface area contributed by atoms with Gasteiger partial charge in [-0.15, -0.1) is 0 Å². The topological polar surface area (TPSA) is 74.2 Å². The smallest absolute Gasteiger partial charge is 0.416 e. The van der Waals surface area contributed by atoms with Gasteiger partial charge in [-0.3, -0.25) is 9.78 Å². The van der Waals surface area contributed by atoms with Crippen molar-refractivity contribution in [1.82, 2.24) is 15.6 Å². The Bertz CT molecular complexity index is 803. The van der Waals surface area contributed by atoms with E-state index in [9.17, 15) is 23.1 Å². The molecule has 3 rings (SSSR count). The van der Waals surface area contributed by atoms with Crippen molar-refractivity contribution in [2.75, 3.05) is 6.54 Å². The first-order chi connectivity index (χ1) is 12.3. The fourth-order valence-corrected chi connectivity index (χ4v) is 2.88. The second-order valence-corrected chi connectivity index (χ2v) is 6.15. The Kier molecular flexibility index (Phi) is 5.13. The van der Waals surface area contributed by atoms with Gasteiger partial charge < -0.3 is 15.7 Å². The first-order valence-corrected chi connectivity index (χ1v) is 8.21. The highest BCUT2D eigenvalue weighted by atomic mass is 19.4. The van der Waals surface area contributed by atoms with Gasteiger partial charge in [0.05, 0.1) is 17.3 Å². The Morgan fingerprint density at radius 1 is 1.31 bits per heavy atom. The molecule has 0 bridgehead atoms. The van der Waals surface area contributed by atoms with Crippen LogP contribution in [0.25, 0.3) is 11.3 Å². The number of carbonyl (C=O) groups is 1. The molecular formula is C18H18F3N3O2. The van der Waals surface area contributed by atoms with Gasteiger partial charge in [-0.05, 0) is 55.3 Å². The van der Waals surface area contributed by atoms with E-state index in [1.54, 1.807) is 12.1 Å². The Balaban J connectivity index is 1.74. The molecule has 1 saturated heterocycles. The number of phenolic OH excluding ortho intramolecular Hbond substituents is 1. The number of alkyl halides is 3. The molecule has 26 heavy (non-hydrogen) atoms. The monoisotopic (exact) mass is 365 g/mol. The lowest BCUT2D eigenvalue weighted by Crippen LogP contribution is -2.40. The van der Waals surface area contributed by atoms with Crippen molar-refractivity contribution in [3.63, 3.8) is 0 Å². The molecule has 1 atom stereocenters. The second kappa shape index (κ2) is 7.33. The number of aromatic hydroxyl groups is 1. The molecule has 2 heterocycles. The van der Waals surface area contributed by atoms with Crippen LogP contribution in [-0.2, 0) is 17.5 Å². The molecule has 1 amide bonds. The first-order valence-electron chi connectivity index (χ1n) is 8.21. The van der Waals surface area contributed by atoms with Gasteiger partial charge in [-0.25, -0.2) is 0 Å². The molecule has 1 aromatic heterocycles. The molecule has 3 N–H and O–H groups in total.